The number of rotatable bonds is 4. The molecule has 16 heavy (non-hydrogen) atoms. The zero-order valence-electron chi connectivity index (χ0n) is 10.4. The van der Waals surface area contributed by atoms with Gasteiger partial charge in [-0.1, -0.05) is 6.92 Å². The molecule has 5 nitrogen and oxygen atoms in total. The maximum absolute atomic E-state index is 11.7. The Bertz CT molecular complexity index is 280. The molecule has 1 amide bonds. The normalized spacial score (nSPS) is 22.7. The van der Waals surface area contributed by atoms with Crippen LogP contribution in [0.15, 0.2) is 0 Å². The highest BCUT2D eigenvalue weighted by Gasteiger charge is 2.33. The van der Waals surface area contributed by atoms with Crippen molar-refractivity contribution in [2.75, 3.05) is 34.3 Å². The first kappa shape index (κ1) is 13.0. The Hall–Kier alpha value is -1.10. The van der Waals surface area contributed by atoms with Crippen molar-refractivity contribution < 1.29 is 14.3 Å². The van der Waals surface area contributed by atoms with Gasteiger partial charge in [0.05, 0.1) is 19.1 Å². The molecule has 0 aromatic carbocycles. The maximum atomic E-state index is 11.7. The van der Waals surface area contributed by atoms with Crippen molar-refractivity contribution in [2.45, 2.75) is 19.4 Å². The standard InChI is InChI=1S/C11H20N2O3/c1-8(11(15)16-4)7-13(3)9-5-6-12(2)10(9)14/h8-9H,5-7H2,1-4H3. The smallest absolute Gasteiger partial charge is 0.309 e. The monoisotopic (exact) mass is 228 g/mol. The van der Waals surface area contributed by atoms with Gasteiger partial charge in [-0.05, 0) is 13.5 Å². The van der Waals surface area contributed by atoms with Crippen LogP contribution in [0.3, 0.4) is 0 Å². The van der Waals surface area contributed by atoms with Gasteiger partial charge in [-0.25, -0.2) is 0 Å². The predicted molar refractivity (Wildman–Crippen MR) is 59.9 cm³/mol. The van der Waals surface area contributed by atoms with E-state index in [1.54, 1.807) is 11.9 Å². The first-order valence-corrected chi connectivity index (χ1v) is 5.50. The van der Waals surface area contributed by atoms with E-state index in [9.17, 15) is 9.59 Å². The van der Waals surface area contributed by atoms with E-state index in [2.05, 4.69) is 4.74 Å². The largest absolute Gasteiger partial charge is 0.469 e. The first-order valence-electron chi connectivity index (χ1n) is 5.50. The van der Waals surface area contributed by atoms with Crippen LogP contribution in [0, 0.1) is 5.92 Å². The van der Waals surface area contributed by atoms with Crippen LogP contribution in [0.5, 0.6) is 0 Å². The highest BCUT2D eigenvalue weighted by Crippen LogP contribution is 2.15. The summed E-state index contributed by atoms with van der Waals surface area (Å²) in [6.07, 6.45) is 0.833. The molecule has 2 unspecified atom stereocenters. The van der Waals surface area contributed by atoms with Crippen molar-refractivity contribution in [2.24, 2.45) is 5.92 Å². The summed E-state index contributed by atoms with van der Waals surface area (Å²) in [7, 11) is 5.06. The number of likely N-dealkylation sites (tertiary alicyclic amines) is 1. The van der Waals surface area contributed by atoms with Gasteiger partial charge in [0.25, 0.3) is 0 Å². The fourth-order valence-corrected chi connectivity index (χ4v) is 2.05. The van der Waals surface area contributed by atoms with Crippen molar-refractivity contribution in [3.63, 3.8) is 0 Å². The highest BCUT2D eigenvalue weighted by molar-refractivity contribution is 5.83. The molecule has 0 spiro atoms. The van der Waals surface area contributed by atoms with E-state index in [1.807, 2.05) is 18.9 Å². The fourth-order valence-electron chi connectivity index (χ4n) is 2.05. The third kappa shape index (κ3) is 2.72. The van der Waals surface area contributed by atoms with Gasteiger partial charge in [0, 0.05) is 20.1 Å². The van der Waals surface area contributed by atoms with E-state index in [-0.39, 0.29) is 23.8 Å². The van der Waals surface area contributed by atoms with Gasteiger partial charge in [0.2, 0.25) is 5.91 Å². The van der Waals surface area contributed by atoms with Crippen LogP contribution in [-0.2, 0) is 14.3 Å². The molecule has 1 rings (SSSR count). The van der Waals surface area contributed by atoms with Gasteiger partial charge in [-0.2, -0.15) is 0 Å². The third-order valence-electron chi connectivity index (χ3n) is 3.10. The average molecular weight is 228 g/mol. The van der Waals surface area contributed by atoms with E-state index in [0.717, 1.165) is 13.0 Å². The van der Waals surface area contributed by atoms with Crippen LogP contribution in [0.1, 0.15) is 13.3 Å². The SMILES string of the molecule is COC(=O)C(C)CN(C)C1CCN(C)C1=O. The molecule has 0 radical (unpaired) electrons. The summed E-state index contributed by atoms with van der Waals surface area (Å²) in [5, 5.41) is 0. The van der Waals surface area contributed by atoms with Crippen LogP contribution in [0.25, 0.3) is 0 Å². The maximum Gasteiger partial charge on any atom is 0.309 e. The zero-order chi connectivity index (χ0) is 12.3. The van der Waals surface area contributed by atoms with Gasteiger partial charge in [-0.3, -0.25) is 14.5 Å². The predicted octanol–water partition coefficient (Wildman–Crippen LogP) is -0.0420. The molecule has 0 saturated carbocycles. The van der Waals surface area contributed by atoms with Crippen molar-refractivity contribution in [3.05, 3.63) is 0 Å². The molecule has 92 valence electrons. The van der Waals surface area contributed by atoms with Crippen molar-refractivity contribution in [1.29, 1.82) is 0 Å². The van der Waals surface area contributed by atoms with Gasteiger partial charge < -0.3 is 9.64 Å². The Labute approximate surface area is 96.3 Å². The fraction of sp³-hybridized carbons (Fsp3) is 0.818. The molecule has 1 aliphatic heterocycles. The Balaban J connectivity index is 2.49. The van der Waals surface area contributed by atoms with E-state index < -0.39 is 0 Å². The van der Waals surface area contributed by atoms with Crippen LogP contribution >= 0.6 is 0 Å². The number of likely N-dealkylation sites (N-methyl/N-ethyl adjacent to an activating group) is 2. The van der Waals surface area contributed by atoms with Crippen LogP contribution in [0.4, 0.5) is 0 Å². The highest BCUT2D eigenvalue weighted by atomic mass is 16.5. The number of methoxy groups -OCH3 is 1. The number of hydrogen-bond donors (Lipinski definition) is 0. The van der Waals surface area contributed by atoms with Crippen molar-refractivity contribution in [1.82, 2.24) is 9.80 Å². The zero-order valence-corrected chi connectivity index (χ0v) is 10.4. The number of carbonyl (C=O) groups excluding carboxylic acids is 2. The second-order valence-electron chi connectivity index (χ2n) is 4.43. The second-order valence-corrected chi connectivity index (χ2v) is 4.43. The number of carbonyl (C=O) groups is 2. The Morgan fingerprint density at radius 2 is 2.31 bits per heavy atom. The van der Waals surface area contributed by atoms with Crippen LogP contribution < -0.4 is 0 Å². The molecule has 0 N–H and O–H groups in total. The van der Waals surface area contributed by atoms with Gasteiger partial charge in [0.1, 0.15) is 0 Å². The number of hydrogen-bond acceptors (Lipinski definition) is 4. The first-order chi connectivity index (χ1) is 7.47. The minimum atomic E-state index is -0.231. The van der Waals surface area contributed by atoms with E-state index in [4.69, 9.17) is 0 Å². The number of esters is 1. The summed E-state index contributed by atoms with van der Waals surface area (Å²) >= 11 is 0. The Kier molecular flexibility index (Phi) is 4.29. The van der Waals surface area contributed by atoms with E-state index in [0.29, 0.717) is 6.54 Å². The molecule has 5 heteroatoms. The number of nitrogens with zero attached hydrogens (tertiary/aromatic N) is 2. The molecule has 1 heterocycles. The minimum Gasteiger partial charge on any atom is -0.469 e. The summed E-state index contributed by atoms with van der Waals surface area (Å²) in [5.74, 6) is -0.293. The molecular weight excluding hydrogens is 208 g/mol. The van der Waals surface area contributed by atoms with Crippen molar-refractivity contribution in [3.8, 4) is 0 Å². The van der Waals surface area contributed by atoms with E-state index in [1.165, 1.54) is 7.11 Å². The summed E-state index contributed by atoms with van der Waals surface area (Å²) in [6.45, 7) is 3.16. The van der Waals surface area contributed by atoms with Crippen LogP contribution in [0.2, 0.25) is 0 Å². The molecule has 0 aromatic rings. The molecule has 1 aliphatic rings. The van der Waals surface area contributed by atoms with Gasteiger partial charge in [-0.15, -0.1) is 0 Å². The second kappa shape index (κ2) is 5.30. The van der Waals surface area contributed by atoms with E-state index >= 15 is 0 Å². The molecule has 2 atom stereocenters. The third-order valence-corrected chi connectivity index (χ3v) is 3.10. The quantitative estimate of drug-likeness (QED) is 0.633. The number of amides is 1. The lowest BCUT2D eigenvalue weighted by Gasteiger charge is -2.24. The molecule has 0 aliphatic carbocycles. The lowest BCUT2D eigenvalue weighted by molar-refractivity contribution is -0.146. The lowest BCUT2D eigenvalue weighted by atomic mass is 10.1. The molecule has 0 bridgehead atoms. The Morgan fingerprint density at radius 1 is 1.69 bits per heavy atom. The summed E-state index contributed by atoms with van der Waals surface area (Å²) < 4.78 is 4.66. The average Bonchev–Trinajstić information content (AvgIpc) is 2.58. The minimum absolute atomic E-state index is 0.0860. The summed E-state index contributed by atoms with van der Waals surface area (Å²) in [4.78, 5) is 26.7. The Morgan fingerprint density at radius 3 is 2.75 bits per heavy atom. The molecule has 1 saturated heterocycles. The molecule has 1 fully saturated rings. The van der Waals surface area contributed by atoms with Crippen LogP contribution in [-0.4, -0.2) is 62.0 Å². The molecule has 0 aromatic heterocycles. The van der Waals surface area contributed by atoms with Crippen molar-refractivity contribution >= 4 is 11.9 Å². The van der Waals surface area contributed by atoms with Gasteiger partial charge >= 0.3 is 5.97 Å². The van der Waals surface area contributed by atoms with Gasteiger partial charge in [0.15, 0.2) is 0 Å². The lowest BCUT2D eigenvalue weighted by Crippen LogP contribution is -2.41. The summed E-state index contributed by atoms with van der Waals surface area (Å²) in [6, 6.07) is -0.0860. The molecular formula is C11H20N2O3. The summed E-state index contributed by atoms with van der Waals surface area (Å²) in [5.41, 5.74) is 0. The topological polar surface area (TPSA) is 49.9 Å². The number of ether oxygens (including phenoxy) is 1.